The number of carboxylic acid groups (broad SMARTS) is 2. The van der Waals surface area contributed by atoms with Crippen LogP contribution in [0.3, 0.4) is 0 Å². The highest BCUT2D eigenvalue weighted by atomic mass is 35.5. The van der Waals surface area contributed by atoms with Crippen molar-refractivity contribution in [2.45, 2.75) is 44.8 Å². The van der Waals surface area contributed by atoms with Crippen LogP contribution in [-0.2, 0) is 28.7 Å². The van der Waals surface area contributed by atoms with E-state index in [4.69, 9.17) is 26.2 Å². The molecule has 0 saturated heterocycles. The van der Waals surface area contributed by atoms with Crippen LogP contribution in [0.4, 0.5) is 13.2 Å². The number of benzene rings is 3. The zero-order valence-electron chi connectivity index (χ0n) is 23.6. The molecule has 1 aromatic heterocycles. The first-order valence-electron chi connectivity index (χ1n) is 14.0. The van der Waals surface area contributed by atoms with Crippen molar-refractivity contribution >= 4 is 46.6 Å². The van der Waals surface area contributed by atoms with Crippen molar-refractivity contribution in [2.24, 2.45) is 0 Å². The number of hydrogen-bond acceptors (Lipinski definition) is 4. The average molecular weight is 630 g/mol. The van der Waals surface area contributed by atoms with Crippen molar-refractivity contribution in [3.63, 3.8) is 0 Å². The molecule has 0 spiro atoms. The Morgan fingerprint density at radius 1 is 0.864 bits per heavy atom. The molecule has 0 fully saturated rings. The van der Waals surface area contributed by atoms with Crippen molar-refractivity contribution in [3.8, 4) is 11.5 Å². The van der Waals surface area contributed by atoms with Gasteiger partial charge in [-0.05, 0) is 66.3 Å². The fourth-order valence-corrected chi connectivity index (χ4v) is 5.06. The fourth-order valence-electron chi connectivity index (χ4n) is 4.77. The Morgan fingerprint density at radius 3 is 2.25 bits per heavy atom. The van der Waals surface area contributed by atoms with Crippen LogP contribution in [0.15, 0.2) is 66.9 Å². The van der Waals surface area contributed by atoms with E-state index in [9.17, 15) is 27.9 Å². The van der Waals surface area contributed by atoms with Gasteiger partial charge in [-0.1, -0.05) is 54.1 Å². The molecule has 0 radical (unpaired) electrons. The molecule has 0 atom stereocenters. The van der Waals surface area contributed by atoms with Gasteiger partial charge in [0.05, 0.1) is 30.2 Å². The summed E-state index contributed by atoms with van der Waals surface area (Å²) in [5, 5.41) is 18.8. The Labute approximate surface area is 257 Å². The first kappa shape index (κ1) is 32.5. The number of aryl methyl sites for hydroxylation is 1. The van der Waals surface area contributed by atoms with Crippen LogP contribution in [0.1, 0.15) is 47.9 Å². The maximum Gasteiger partial charge on any atom is 0.417 e. The van der Waals surface area contributed by atoms with E-state index in [1.54, 1.807) is 6.20 Å². The largest absolute Gasteiger partial charge is 0.494 e. The molecule has 0 aliphatic carbocycles. The third-order valence-electron chi connectivity index (χ3n) is 6.82. The quantitative estimate of drug-likeness (QED) is 0.102. The van der Waals surface area contributed by atoms with Gasteiger partial charge in [-0.3, -0.25) is 9.59 Å². The lowest BCUT2D eigenvalue weighted by Crippen LogP contribution is -2.08. The molecule has 3 aromatic carbocycles. The second-order valence-corrected chi connectivity index (χ2v) is 10.5. The van der Waals surface area contributed by atoms with Crippen LogP contribution in [-0.4, -0.2) is 39.9 Å². The molecule has 4 aromatic rings. The number of alkyl halides is 3. The monoisotopic (exact) mass is 629 g/mol. The number of halogens is 4. The van der Waals surface area contributed by atoms with Gasteiger partial charge in [0.2, 0.25) is 0 Å². The van der Waals surface area contributed by atoms with Gasteiger partial charge in [0, 0.05) is 30.1 Å². The van der Waals surface area contributed by atoms with Crippen LogP contribution in [0.25, 0.3) is 23.1 Å². The second-order valence-electron chi connectivity index (χ2n) is 10.1. The van der Waals surface area contributed by atoms with E-state index in [0.29, 0.717) is 43.7 Å². The van der Waals surface area contributed by atoms with E-state index in [0.717, 1.165) is 28.1 Å². The van der Waals surface area contributed by atoms with Crippen LogP contribution in [0, 0.1) is 0 Å². The summed E-state index contributed by atoms with van der Waals surface area (Å²) >= 11 is 5.85. The molecule has 0 aliphatic rings. The normalized spacial score (nSPS) is 11.7. The molecule has 2 N–H and O–H groups in total. The highest BCUT2D eigenvalue weighted by Gasteiger charge is 2.34. The number of hydrogen-bond donors (Lipinski definition) is 2. The van der Waals surface area contributed by atoms with E-state index < -0.39 is 28.7 Å². The molecule has 0 aliphatic heterocycles. The topological polar surface area (TPSA) is 98.0 Å². The molecular formula is C33H31ClF3NO6. The van der Waals surface area contributed by atoms with E-state index in [2.05, 4.69) is 0 Å². The Balaban J connectivity index is 1.32. The predicted octanol–water partition coefficient (Wildman–Crippen LogP) is 8.21. The van der Waals surface area contributed by atoms with Crippen molar-refractivity contribution in [1.82, 2.24) is 4.57 Å². The molecular weight excluding hydrogens is 599 g/mol. The third-order valence-corrected chi connectivity index (χ3v) is 7.21. The van der Waals surface area contributed by atoms with E-state index in [1.807, 2.05) is 59.2 Å². The minimum atomic E-state index is -4.55. The first-order valence-corrected chi connectivity index (χ1v) is 14.3. The number of carboxylic acids is 2. The number of carbonyl (C=O) groups is 2. The van der Waals surface area contributed by atoms with Crippen molar-refractivity contribution in [1.29, 1.82) is 0 Å². The van der Waals surface area contributed by atoms with Crippen molar-refractivity contribution in [2.75, 3.05) is 13.2 Å². The number of rotatable bonds is 15. The van der Waals surface area contributed by atoms with Gasteiger partial charge in [0.25, 0.3) is 0 Å². The third kappa shape index (κ3) is 8.79. The minimum Gasteiger partial charge on any atom is -0.494 e. The number of nitrogens with zero attached hydrogens (tertiary/aromatic N) is 1. The molecule has 232 valence electrons. The summed E-state index contributed by atoms with van der Waals surface area (Å²) in [6, 6.07) is 16.7. The first-order chi connectivity index (χ1) is 21.0. The smallest absolute Gasteiger partial charge is 0.417 e. The number of fused-ring (bicyclic) bond motifs is 1. The van der Waals surface area contributed by atoms with Gasteiger partial charge in [0.1, 0.15) is 11.5 Å². The fraction of sp³-hybridized carbons (Fsp3) is 0.273. The molecule has 11 heteroatoms. The van der Waals surface area contributed by atoms with Gasteiger partial charge in [0.15, 0.2) is 0 Å². The number of unbranched alkanes of at least 4 members (excludes halogenated alkanes) is 1. The van der Waals surface area contributed by atoms with Gasteiger partial charge in [-0.25, -0.2) is 0 Å². The molecule has 44 heavy (non-hydrogen) atoms. The minimum absolute atomic E-state index is 0.00583. The number of aliphatic carboxylic acids is 2. The molecule has 0 bridgehead atoms. The highest BCUT2D eigenvalue weighted by molar-refractivity contribution is 6.32. The Morgan fingerprint density at radius 2 is 1.57 bits per heavy atom. The summed E-state index contributed by atoms with van der Waals surface area (Å²) in [5.41, 5.74) is 2.34. The molecule has 0 saturated carbocycles. The summed E-state index contributed by atoms with van der Waals surface area (Å²) in [6.07, 6.45) is 2.57. The molecule has 0 amide bonds. The number of aromatic nitrogens is 1. The van der Waals surface area contributed by atoms with Crippen molar-refractivity contribution in [3.05, 3.63) is 94.1 Å². The van der Waals surface area contributed by atoms with Crippen LogP contribution >= 0.6 is 11.6 Å². The standard InChI is InChI=1S/C33H31ClF3NO6/c34-32-26(33(35,36)37)7-4-9-28(32)44-19-2-1-18-43-25-15-12-22(13-16-25)11-14-23-6-3-8-27-31(23)24(20-30(41)42)21-38(27)17-5-10-29(39)40/h3-4,6-9,11-16,21H,1-2,5,10,17-20H2,(H,39,40)(H,41,42). The zero-order valence-corrected chi connectivity index (χ0v) is 24.4. The van der Waals surface area contributed by atoms with E-state index in [1.165, 1.54) is 12.1 Å². The van der Waals surface area contributed by atoms with Crippen molar-refractivity contribution < 1.29 is 42.4 Å². The summed E-state index contributed by atoms with van der Waals surface area (Å²) in [6.45, 7) is 1.06. The Kier molecular flexibility index (Phi) is 10.9. The Bertz CT molecular complexity index is 1630. The number of ether oxygens (including phenoxy) is 2. The maximum absolute atomic E-state index is 13.0. The molecule has 0 unspecified atom stereocenters. The maximum atomic E-state index is 13.0. The van der Waals surface area contributed by atoms with E-state index >= 15 is 0 Å². The summed E-state index contributed by atoms with van der Waals surface area (Å²) in [5.74, 6) is -1.17. The molecule has 4 rings (SSSR count). The van der Waals surface area contributed by atoms with Gasteiger partial charge in [-0.2, -0.15) is 13.2 Å². The lowest BCUT2D eigenvalue weighted by atomic mass is 10.0. The van der Waals surface area contributed by atoms with Crippen LogP contribution in [0.5, 0.6) is 11.5 Å². The van der Waals surface area contributed by atoms with Gasteiger partial charge >= 0.3 is 18.1 Å². The summed E-state index contributed by atoms with van der Waals surface area (Å²) < 4.78 is 52.1. The zero-order chi connectivity index (χ0) is 31.7. The lowest BCUT2D eigenvalue weighted by molar-refractivity contribution is -0.138. The lowest BCUT2D eigenvalue weighted by Gasteiger charge is -2.13. The molecule has 1 heterocycles. The van der Waals surface area contributed by atoms with Crippen LogP contribution < -0.4 is 9.47 Å². The SMILES string of the molecule is O=C(O)CCCn1cc(CC(=O)O)c2c(C=Cc3ccc(OCCCCOc4cccc(C(F)(F)F)c4Cl)cc3)cccc21. The Hall–Kier alpha value is -4.44. The molecule has 7 nitrogen and oxygen atoms in total. The van der Waals surface area contributed by atoms with Crippen LogP contribution in [0.2, 0.25) is 5.02 Å². The summed E-state index contributed by atoms with van der Waals surface area (Å²) in [4.78, 5) is 22.5. The predicted molar refractivity (Wildman–Crippen MR) is 162 cm³/mol. The van der Waals surface area contributed by atoms with Gasteiger partial charge in [-0.15, -0.1) is 0 Å². The van der Waals surface area contributed by atoms with E-state index in [-0.39, 0.29) is 25.2 Å². The highest BCUT2D eigenvalue weighted by Crippen LogP contribution is 2.39. The average Bonchev–Trinajstić information content (AvgIpc) is 3.31. The summed E-state index contributed by atoms with van der Waals surface area (Å²) in [7, 11) is 0. The second kappa shape index (κ2) is 14.8. The van der Waals surface area contributed by atoms with Gasteiger partial charge < -0.3 is 24.3 Å².